The second-order valence-electron chi connectivity index (χ2n) is 12.6. The van der Waals surface area contributed by atoms with Crippen molar-refractivity contribution in [1.29, 1.82) is 0 Å². The number of aliphatic carboxylic acids is 1. The summed E-state index contributed by atoms with van der Waals surface area (Å²) in [5.74, 6) is -3.44. The number of carboxylic acid groups (broad SMARTS) is 1. The molecule has 2 unspecified atom stereocenters. The third kappa shape index (κ3) is 10.2. The van der Waals surface area contributed by atoms with Crippen molar-refractivity contribution in [2.75, 3.05) is 23.8 Å². The standard InChI is InChI=1S/C31H37N11O9S3/c1-16(27(47)49-13-17-9-6-5-7-10-17)51-37-19(22-35-28(32)54-38-22)23(43)34-20-24(44)42-21(26(45)46)18(14-52-25(20)42)15-53-29-36-39-40-41(29)12-8-11-33-30(48)50-31(2,3)4/h5-7,9-10,16,20,25H,8,11-15H2,1-4H3,(H,33,48)(H,34,43)(H,45,46)(H2,32,35,38)/t16?,20?,25-/m0/s1. The number of alkyl carbamates (subject to hydrolysis) is 1. The molecule has 2 aliphatic heterocycles. The van der Waals surface area contributed by atoms with E-state index in [0.29, 0.717) is 30.2 Å². The molecule has 0 saturated carbocycles. The van der Waals surface area contributed by atoms with Gasteiger partial charge in [0.05, 0.1) is 0 Å². The number of nitrogens with one attached hydrogen (secondary N) is 2. The lowest BCUT2D eigenvalue weighted by atomic mass is 10.0. The Morgan fingerprint density at radius 2 is 1.96 bits per heavy atom. The Morgan fingerprint density at radius 1 is 1.20 bits per heavy atom. The lowest BCUT2D eigenvalue weighted by molar-refractivity contribution is -0.157. The van der Waals surface area contributed by atoms with E-state index in [1.807, 2.05) is 6.07 Å². The number of aromatic nitrogens is 6. The van der Waals surface area contributed by atoms with Gasteiger partial charge in [-0.05, 0) is 55.7 Å². The number of rotatable bonds is 16. The average molecular weight is 804 g/mol. The van der Waals surface area contributed by atoms with Crippen molar-refractivity contribution in [3.05, 3.63) is 53.0 Å². The highest BCUT2D eigenvalue weighted by atomic mass is 32.2. The first-order valence-corrected chi connectivity index (χ1v) is 19.1. The molecule has 0 radical (unpaired) electrons. The van der Waals surface area contributed by atoms with Gasteiger partial charge in [0.2, 0.25) is 22.8 Å². The normalized spacial score (nSPS) is 17.6. The zero-order chi connectivity index (χ0) is 39.0. The molecule has 23 heteroatoms. The van der Waals surface area contributed by atoms with E-state index < -0.39 is 58.7 Å². The number of aryl methyl sites for hydroxylation is 1. The molecule has 4 heterocycles. The summed E-state index contributed by atoms with van der Waals surface area (Å²) in [5, 5.41) is 30.6. The Hall–Kier alpha value is -5.29. The highest BCUT2D eigenvalue weighted by molar-refractivity contribution is 8.01. The number of carboxylic acids is 1. The number of anilines is 1. The summed E-state index contributed by atoms with van der Waals surface area (Å²) in [7, 11) is 0. The Kier molecular flexibility index (Phi) is 13.1. The van der Waals surface area contributed by atoms with Crippen LogP contribution < -0.4 is 16.4 Å². The molecule has 5 rings (SSSR count). The van der Waals surface area contributed by atoms with Crippen molar-refractivity contribution in [2.45, 2.75) is 75.5 Å². The molecule has 0 aliphatic carbocycles. The molecule has 54 heavy (non-hydrogen) atoms. The van der Waals surface area contributed by atoms with Crippen molar-refractivity contribution < 1.29 is 43.4 Å². The second kappa shape index (κ2) is 17.7. The van der Waals surface area contributed by atoms with Crippen LogP contribution in [0.25, 0.3) is 0 Å². The lowest BCUT2D eigenvalue weighted by Crippen LogP contribution is -2.71. The summed E-state index contributed by atoms with van der Waals surface area (Å²) in [6.07, 6.45) is -1.27. The topological polar surface area (TPSA) is 268 Å². The summed E-state index contributed by atoms with van der Waals surface area (Å²) < 4.78 is 16.0. The van der Waals surface area contributed by atoms with Gasteiger partial charge >= 0.3 is 18.0 Å². The predicted molar refractivity (Wildman–Crippen MR) is 195 cm³/mol. The molecule has 3 amide bonds. The number of oxime groups is 1. The molecule has 5 N–H and O–H groups in total. The van der Waals surface area contributed by atoms with Crippen LogP contribution in [0.15, 0.2) is 51.9 Å². The van der Waals surface area contributed by atoms with Gasteiger partial charge in [0, 0.05) is 36.1 Å². The molecule has 288 valence electrons. The van der Waals surface area contributed by atoms with Gasteiger partial charge in [-0.1, -0.05) is 47.2 Å². The second-order valence-corrected chi connectivity index (χ2v) is 15.4. The number of hydrogen-bond acceptors (Lipinski definition) is 18. The van der Waals surface area contributed by atoms with Crippen LogP contribution in [-0.2, 0) is 46.6 Å². The Morgan fingerprint density at radius 3 is 2.65 bits per heavy atom. The predicted octanol–water partition coefficient (Wildman–Crippen LogP) is 1.41. The first-order chi connectivity index (χ1) is 25.7. The summed E-state index contributed by atoms with van der Waals surface area (Å²) in [5.41, 5.74) is 5.67. The summed E-state index contributed by atoms with van der Waals surface area (Å²) >= 11 is 3.25. The van der Waals surface area contributed by atoms with Gasteiger partial charge in [0.25, 0.3) is 11.8 Å². The fourth-order valence-corrected chi connectivity index (χ4v) is 7.69. The highest BCUT2D eigenvalue weighted by Gasteiger charge is 2.54. The van der Waals surface area contributed by atoms with E-state index in [2.05, 4.69) is 40.7 Å². The molecular formula is C31H37N11O9S3. The maximum atomic E-state index is 13.5. The lowest BCUT2D eigenvalue weighted by Gasteiger charge is -2.49. The zero-order valence-corrected chi connectivity index (χ0v) is 31.9. The largest absolute Gasteiger partial charge is 0.477 e. The van der Waals surface area contributed by atoms with Crippen molar-refractivity contribution in [3.63, 3.8) is 0 Å². The third-order valence-electron chi connectivity index (χ3n) is 7.35. The van der Waals surface area contributed by atoms with Crippen molar-refractivity contribution in [3.8, 4) is 0 Å². The number of thioether (sulfide) groups is 2. The number of tetrazole rings is 1. The van der Waals surface area contributed by atoms with Gasteiger partial charge in [-0.25, -0.2) is 19.1 Å². The zero-order valence-electron chi connectivity index (χ0n) is 29.5. The number of ether oxygens (including phenoxy) is 2. The van der Waals surface area contributed by atoms with E-state index in [4.69, 9.17) is 20.0 Å². The molecule has 0 bridgehead atoms. The molecule has 3 atom stereocenters. The maximum Gasteiger partial charge on any atom is 0.407 e. The van der Waals surface area contributed by atoms with Crippen LogP contribution in [0.3, 0.4) is 0 Å². The van der Waals surface area contributed by atoms with Gasteiger partial charge < -0.3 is 35.8 Å². The number of fused-ring (bicyclic) bond motifs is 1. The molecule has 3 aromatic rings. The quantitative estimate of drug-likeness (QED) is 0.0398. The van der Waals surface area contributed by atoms with Crippen molar-refractivity contribution in [2.24, 2.45) is 5.16 Å². The van der Waals surface area contributed by atoms with Gasteiger partial charge in [0.15, 0.2) is 5.13 Å². The van der Waals surface area contributed by atoms with Crippen LogP contribution >= 0.6 is 35.1 Å². The van der Waals surface area contributed by atoms with Crippen LogP contribution in [0.1, 0.15) is 45.5 Å². The van der Waals surface area contributed by atoms with Crippen molar-refractivity contribution in [1.82, 2.24) is 45.1 Å². The molecule has 1 aromatic carbocycles. The monoisotopic (exact) mass is 803 g/mol. The Bertz CT molecular complexity index is 1930. The van der Waals surface area contributed by atoms with Gasteiger partial charge in [-0.2, -0.15) is 9.36 Å². The van der Waals surface area contributed by atoms with Crippen molar-refractivity contribution >= 4 is 75.7 Å². The molecule has 0 spiro atoms. The number of carbonyl (C=O) groups excluding carboxylic acids is 4. The van der Waals surface area contributed by atoms with E-state index in [1.165, 1.54) is 35.1 Å². The molecule has 1 saturated heterocycles. The third-order valence-corrected chi connectivity index (χ3v) is 10.3. The first kappa shape index (κ1) is 39.9. The van der Waals surface area contributed by atoms with Crippen LogP contribution in [0.5, 0.6) is 0 Å². The maximum absolute atomic E-state index is 13.5. The number of hydrogen-bond donors (Lipinski definition) is 4. The fraction of sp³-hybridized carbons (Fsp3) is 0.452. The highest BCUT2D eigenvalue weighted by Crippen LogP contribution is 2.41. The number of esters is 1. The Labute approximate surface area is 320 Å². The molecule has 2 aromatic heterocycles. The first-order valence-electron chi connectivity index (χ1n) is 16.3. The number of benzene rings is 1. The summed E-state index contributed by atoms with van der Waals surface area (Å²) in [6, 6.07) is 7.87. The molecule has 2 aliphatic rings. The number of nitrogen functional groups attached to an aromatic ring is 1. The van der Waals surface area contributed by atoms with Crippen LogP contribution in [0.2, 0.25) is 0 Å². The number of nitrogens with zero attached hydrogens (tertiary/aromatic N) is 8. The number of β-lactam (4-membered cyclic amide) rings is 1. The molecule has 20 nitrogen and oxygen atoms in total. The van der Waals surface area contributed by atoms with E-state index in [9.17, 15) is 29.1 Å². The van der Waals surface area contributed by atoms with Crippen LogP contribution in [-0.4, -0.2) is 116 Å². The van der Waals surface area contributed by atoms with Gasteiger partial charge in [-0.15, -0.1) is 16.9 Å². The van der Waals surface area contributed by atoms with E-state index >= 15 is 0 Å². The number of carbonyl (C=O) groups is 5. The molecular weight excluding hydrogens is 767 g/mol. The summed E-state index contributed by atoms with van der Waals surface area (Å²) in [6.45, 7) is 7.36. The Balaban J connectivity index is 1.19. The number of amides is 3. The average Bonchev–Trinajstić information content (AvgIpc) is 3.77. The SMILES string of the molecule is CC(ON=C(C(=O)NC1C(=O)N2C(C(=O)O)=C(CSc3nnnn3CCCNC(=O)OC(C)(C)C)CS[C@@H]12)c1nsc(N)n1)C(=O)OCc1ccccc1. The number of nitrogens with two attached hydrogens (primary N) is 1. The smallest absolute Gasteiger partial charge is 0.407 e. The molecule has 1 fully saturated rings. The van der Waals surface area contributed by atoms with E-state index in [0.717, 1.165) is 22.0 Å². The summed E-state index contributed by atoms with van der Waals surface area (Å²) in [4.78, 5) is 74.2. The van der Waals surface area contributed by atoms with Gasteiger partial charge in [0.1, 0.15) is 29.3 Å². The van der Waals surface area contributed by atoms with Gasteiger partial charge in [-0.3, -0.25) is 14.5 Å². The minimum absolute atomic E-state index is 0.00338. The minimum Gasteiger partial charge on any atom is -0.477 e. The van der Waals surface area contributed by atoms with Crippen LogP contribution in [0, 0.1) is 0 Å². The minimum atomic E-state index is -1.31. The van der Waals surface area contributed by atoms with E-state index in [-0.39, 0.29) is 34.8 Å². The van der Waals surface area contributed by atoms with Crippen LogP contribution in [0.4, 0.5) is 9.93 Å². The fourth-order valence-electron chi connectivity index (χ4n) is 4.87. The van der Waals surface area contributed by atoms with E-state index in [1.54, 1.807) is 45.0 Å².